The molecule has 2 heteroatoms. The Hall–Kier alpha value is -0.0800. The zero-order valence-corrected chi connectivity index (χ0v) is 11.6. The molecular weight excluding hydrogens is 212 g/mol. The highest BCUT2D eigenvalue weighted by molar-refractivity contribution is 5.26. The van der Waals surface area contributed by atoms with Crippen LogP contribution in [-0.2, 0) is 4.74 Å². The van der Waals surface area contributed by atoms with Crippen molar-refractivity contribution in [3.05, 3.63) is 0 Å². The summed E-state index contributed by atoms with van der Waals surface area (Å²) >= 11 is 0. The molecule has 2 saturated carbocycles. The monoisotopic (exact) mass is 238 g/mol. The van der Waals surface area contributed by atoms with E-state index in [4.69, 9.17) is 4.74 Å². The Morgan fingerprint density at radius 3 is 2.35 bits per heavy atom. The quantitative estimate of drug-likeness (QED) is 0.712. The van der Waals surface area contributed by atoms with E-state index < -0.39 is 5.60 Å². The van der Waals surface area contributed by atoms with E-state index in [9.17, 15) is 5.11 Å². The van der Waals surface area contributed by atoms with Crippen LogP contribution in [0.1, 0.15) is 59.8 Å². The first-order valence-electron chi connectivity index (χ1n) is 7.24. The van der Waals surface area contributed by atoms with Gasteiger partial charge in [-0.1, -0.05) is 13.8 Å². The molecule has 1 N–H and O–H groups in total. The third-order valence-corrected chi connectivity index (χ3v) is 6.08. The second-order valence-corrected chi connectivity index (χ2v) is 7.35. The van der Waals surface area contributed by atoms with Crippen molar-refractivity contribution in [2.45, 2.75) is 76.6 Å². The Balaban J connectivity index is 1.91. The second-order valence-electron chi connectivity index (χ2n) is 7.35. The summed E-state index contributed by atoms with van der Waals surface area (Å²) in [7, 11) is 0. The lowest BCUT2D eigenvalue weighted by atomic mass is 9.77. The highest BCUT2D eigenvalue weighted by Crippen LogP contribution is 2.70. The van der Waals surface area contributed by atoms with Gasteiger partial charge in [-0.25, -0.2) is 0 Å². The zero-order valence-electron chi connectivity index (χ0n) is 11.6. The molecule has 1 aliphatic heterocycles. The molecule has 2 nitrogen and oxygen atoms in total. The van der Waals surface area contributed by atoms with Gasteiger partial charge in [0.05, 0.1) is 5.60 Å². The van der Waals surface area contributed by atoms with Crippen molar-refractivity contribution >= 4 is 0 Å². The molecule has 3 rings (SSSR count). The van der Waals surface area contributed by atoms with E-state index in [1.165, 1.54) is 19.3 Å². The third-order valence-electron chi connectivity index (χ3n) is 6.08. The van der Waals surface area contributed by atoms with Crippen molar-refractivity contribution in [1.29, 1.82) is 0 Å². The Morgan fingerprint density at radius 2 is 1.71 bits per heavy atom. The summed E-state index contributed by atoms with van der Waals surface area (Å²) in [4.78, 5) is 0. The lowest BCUT2D eigenvalue weighted by Gasteiger charge is -2.32. The lowest BCUT2D eigenvalue weighted by molar-refractivity contribution is -0.0111. The second kappa shape index (κ2) is 3.27. The van der Waals surface area contributed by atoms with E-state index in [-0.39, 0.29) is 11.2 Å². The molecule has 5 unspecified atom stereocenters. The zero-order chi connectivity index (χ0) is 12.5. The Labute approximate surface area is 105 Å². The minimum absolute atomic E-state index is 0.119. The molecule has 0 amide bonds. The molecule has 0 radical (unpaired) electrons. The van der Waals surface area contributed by atoms with Crippen LogP contribution in [-0.4, -0.2) is 21.9 Å². The maximum Gasteiger partial charge on any atom is 0.101 e. The summed E-state index contributed by atoms with van der Waals surface area (Å²) < 4.78 is 6.31. The lowest BCUT2D eigenvalue weighted by Crippen LogP contribution is -2.36. The molecule has 3 fully saturated rings. The van der Waals surface area contributed by atoms with Crippen molar-refractivity contribution in [1.82, 2.24) is 0 Å². The van der Waals surface area contributed by atoms with Gasteiger partial charge in [0.1, 0.15) is 11.2 Å². The first-order valence-corrected chi connectivity index (χ1v) is 7.24. The first-order chi connectivity index (χ1) is 7.82. The fraction of sp³-hybridized carbons (Fsp3) is 1.00. The van der Waals surface area contributed by atoms with Crippen LogP contribution in [0.4, 0.5) is 0 Å². The Bertz CT molecular complexity index is 332. The van der Waals surface area contributed by atoms with Crippen molar-refractivity contribution < 1.29 is 9.84 Å². The van der Waals surface area contributed by atoms with E-state index in [2.05, 4.69) is 13.8 Å². The van der Waals surface area contributed by atoms with Gasteiger partial charge in [0.15, 0.2) is 0 Å². The highest BCUT2D eigenvalue weighted by Gasteiger charge is 2.77. The van der Waals surface area contributed by atoms with Gasteiger partial charge in [0, 0.05) is 0 Å². The molecule has 98 valence electrons. The standard InChI is InChI=1S/C15H26O2/c1-10-5-6-12(13(3,4)16)9-15-11(2)7-8-14(10,15)17-15/h10-12,16H,5-9H2,1-4H3. The number of rotatable bonds is 1. The van der Waals surface area contributed by atoms with Crippen LogP contribution < -0.4 is 0 Å². The molecule has 0 spiro atoms. The summed E-state index contributed by atoms with van der Waals surface area (Å²) in [5, 5.41) is 10.3. The number of epoxide rings is 1. The molecular formula is C15H26O2. The molecule has 0 aromatic carbocycles. The summed E-state index contributed by atoms with van der Waals surface area (Å²) in [6.45, 7) is 8.63. The largest absolute Gasteiger partial charge is 0.390 e. The summed E-state index contributed by atoms with van der Waals surface area (Å²) in [5.41, 5.74) is -0.251. The number of hydrogen-bond donors (Lipinski definition) is 1. The van der Waals surface area contributed by atoms with Gasteiger partial charge in [-0.3, -0.25) is 0 Å². The van der Waals surface area contributed by atoms with E-state index in [0.29, 0.717) is 17.8 Å². The van der Waals surface area contributed by atoms with Crippen LogP contribution in [0.15, 0.2) is 0 Å². The molecule has 17 heavy (non-hydrogen) atoms. The van der Waals surface area contributed by atoms with Crippen LogP contribution in [0, 0.1) is 17.8 Å². The fourth-order valence-corrected chi connectivity index (χ4v) is 4.68. The number of aliphatic hydroxyl groups is 1. The Morgan fingerprint density at radius 1 is 1.06 bits per heavy atom. The molecule has 0 bridgehead atoms. The van der Waals surface area contributed by atoms with Crippen LogP contribution in [0.3, 0.4) is 0 Å². The normalized spacial score (nSPS) is 53.8. The number of ether oxygens (including phenoxy) is 1. The van der Waals surface area contributed by atoms with Gasteiger partial charge in [-0.15, -0.1) is 0 Å². The van der Waals surface area contributed by atoms with Crippen molar-refractivity contribution in [3.8, 4) is 0 Å². The highest BCUT2D eigenvalue weighted by atomic mass is 16.6. The molecule has 1 heterocycles. The van der Waals surface area contributed by atoms with Gasteiger partial charge in [-0.2, -0.15) is 0 Å². The molecule has 2 aliphatic carbocycles. The third kappa shape index (κ3) is 1.40. The predicted molar refractivity (Wildman–Crippen MR) is 67.7 cm³/mol. The van der Waals surface area contributed by atoms with Gasteiger partial charge in [-0.05, 0) is 63.7 Å². The van der Waals surface area contributed by atoms with Crippen LogP contribution in [0.2, 0.25) is 0 Å². The maximum atomic E-state index is 10.3. The average molecular weight is 238 g/mol. The van der Waals surface area contributed by atoms with Gasteiger partial charge in [0.25, 0.3) is 0 Å². The van der Waals surface area contributed by atoms with Gasteiger partial charge in [0.2, 0.25) is 0 Å². The molecule has 0 aromatic rings. The average Bonchev–Trinajstić information content (AvgIpc) is 2.83. The molecule has 0 aromatic heterocycles. The Kier molecular flexibility index (Phi) is 2.30. The van der Waals surface area contributed by atoms with Crippen molar-refractivity contribution in [2.75, 3.05) is 0 Å². The maximum absolute atomic E-state index is 10.3. The predicted octanol–water partition coefficient (Wildman–Crippen LogP) is 3.13. The smallest absolute Gasteiger partial charge is 0.101 e. The van der Waals surface area contributed by atoms with Crippen molar-refractivity contribution in [3.63, 3.8) is 0 Å². The minimum atomic E-state index is -0.557. The minimum Gasteiger partial charge on any atom is -0.390 e. The van der Waals surface area contributed by atoms with Crippen LogP contribution >= 0.6 is 0 Å². The fourth-order valence-electron chi connectivity index (χ4n) is 4.68. The summed E-state index contributed by atoms with van der Waals surface area (Å²) in [6.07, 6.45) is 5.99. The first kappa shape index (κ1) is 12.0. The van der Waals surface area contributed by atoms with Crippen LogP contribution in [0.5, 0.6) is 0 Å². The van der Waals surface area contributed by atoms with E-state index >= 15 is 0 Å². The van der Waals surface area contributed by atoms with E-state index in [0.717, 1.165) is 12.8 Å². The number of hydrogen-bond acceptors (Lipinski definition) is 2. The van der Waals surface area contributed by atoms with Gasteiger partial charge < -0.3 is 9.84 Å². The van der Waals surface area contributed by atoms with Gasteiger partial charge >= 0.3 is 0 Å². The van der Waals surface area contributed by atoms with E-state index in [1.54, 1.807) is 0 Å². The SMILES string of the molecule is CC1CCC(C(C)(C)O)CC23OC12CCC3C. The summed E-state index contributed by atoms with van der Waals surface area (Å²) in [5.74, 6) is 1.74. The summed E-state index contributed by atoms with van der Waals surface area (Å²) in [6, 6.07) is 0. The molecule has 3 aliphatic rings. The molecule has 1 saturated heterocycles. The van der Waals surface area contributed by atoms with E-state index in [1.807, 2.05) is 13.8 Å². The van der Waals surface area contributed by atoms with Crippen LogP contribution in [0.25, 0.3) is 0 Å². The van der Waals surface area contributed by atoms with Crippen molar-refractivity contribution in [2.24, 2.45) is 17.8 Å². The topological polar surface area (TPSA) is 32.8 Å². The molecule has 5 atom stereocenters.